The molecule has 0 spiro atoms. The Morgan fingerprint density at radius 3 is 0.941 bits per heavy atom. The summed E-state index contributed by atoms with van der Waals surface area (Å²) in [5.74, 6) is 3.06. The van der Waals surface area contributed by atoms with E-state index in [0.717, 1.165) is 128 Å². The molecule has 3 N–H and O–H groups in total. The van der Waals surface area contributed by atoms with E-state index in [0.29, 0.717) is 116 Å². The first-order valence-corrected chi connectivity index (χ1v) is 41.9. The van der Waals surface area contributed by atoms with Crippen molar-refractivity contribution in [3.8, 4) is 33.8 Å². The smallest absolute Gasteiger partial charge is 0.227 e. The Morgan fingerprint density at radius 1 is 0.398 bits per heavy atom. The van der Waals surface area contributed by atoms with Crippen LogP contribution in [0.25, 0.3) is 33.8 Å². The molecule has 0 bridgehead atoms. The normalized spacial score (nSPS) is 17.7. The minimum Gasteiger partial charge on any atom is -0.383 e. The molecule has 3 aliphatic carbocycles. The third kappa shape index (κ3) is 24.6. The van der Waals surface area contributed by atoms with Crippen LogP contribution in [0.3, 0.4) is 0 Å². The Kier molecular flexibility index (Phi) is 29.8. The lowest BCUT2D eigenvalue weighted by atomic mass is 9.88. The monoisotopic (exact) mass is 1610 g/mol. The topological polar surface area (TPSA) is 283 Å². The van der Waals surface area contributed by atoms with Gasteiger partial charge in [-0.2, -0.15) is 15.3 Å². The summed E-state index contributed by atoms with van der Waals surface area (Å²) in [5.41, 5.74) is 15.7. The van der Waals surface area contributed by atoms with Crippen molar-refractivity contribution in [3.05, 3.63) is 162 Å². The van der Waals surface area contributed by atoms with E-state index in [1.165, 1.54) is 33.4 Å². The van der Waals surface area contributed by atoms with Gasteiger partial charge in [0.1, 0.15) is 0 Å². The molecule has 3 amide bonds. The van der Waals surface area contributed by atoms with Crippen molar-refractivity contribution in [1.29, 1.82) is 0 Å². The van der Waals surface area contributed by atoms with Gasteiger partial charge < -0.3 is 59.1 Å². The Balaban J connectivity index is 0.000000162. The highest BCUT2D eigenvalue weighted by molar-refractivity contribution is 5.80. The predicted molar refractivity (Wildman–Crippen MR) is 460 cm³/mol. The number of hydrogen-bond donors (Lipinski definition) is 3. The summed E-state index contributed by atoms with van der Waals surface area (Å²) in [6.07, 6.45) is 31.5. The summed E-state index contributed by atoms with van der Waals surface area (Å²) < 4.78 is 38.9. The van der Waals surface area contributed by atoms with Gasteiger partial charge in [0.05, 0.1) is 127 Å². The largest absolute Gasteiger partial charge is 0.383 e. The molecule has 6 aliphatic rings. The summed E-state index contributed by atoms with van der Waals surface area (Å²) in [7, 11) is 5.03. The molecular weight excluding hydrogens is 1490 g/mol. The number of anilines is 6. The van der Waals surface area contributed by atoms with Crippen molar-refractivity contribution >= 4 is 52.6 Å². The third-order valence-corrected chi connectivity index (χ3v) is 22.0. The van der Waals surface area contributed by atoms with Crippen molar-refractivity contribution in [2.75, 3.05) is 96.4 Å². The van der Waals surface area contributed by atoms with E-state index in [9.17, 15) is 14.4 Å². The number of nitrogens with zero attached hydrogens (tertiary/aromatic N) is 15. The first-order chi connectivity index (χ1) is 56.3. The average Bonchev–Trinajstić information content (AvgIpc) is 1.38. The van der Waals surface area contributed by atoms with E-state index < -0.39 is 0 Å². The Labute approximate surface area is 696 Å². The van der Waals surface area contributed by atoms with Crippen LogP contribution < -0.4 is 16.0 Å². The maximum Gasteiger partial charge on any atom is 0.227 e. The molecule has 27 heteroatoms. The first-order valence-electron chi connectivity index (χ1n) is 41.9. The lowest BCUT2D eigenvalue weighted by Crippen LogP contribution is -2.56. The molecule has 27 nitrogen and oxygen atoms in total. The van der Waals surface area contributed by atoms with Crippen LogP contribution in [0, 0.1) is 0 Å². The van der Waals surface area contributed by atoms with Gasteiger partial charge in [0.15, 0.2) is 0 Å². The number of rotatable bonds is 27. The standard InChI is InChI=1S/3C30H40N6O3.CH4/c3*1-30(2,3)39-25-19-35(20-25)28(37)16-22-8-6-5-7-21-15-23(9-10-26(21)22)27-11-12-31-29(34-27)33-24-17-32-36(18-24)13-14-38-4;/h3*9-12,15,17-18,22,25H,5-8,13-14,16,19-20H2,1-4H3,(H,31,33,34);1H4/t2*22-;;/m10../s1. The van der Waals surface area contributed by atoms with Crippen LogP contribution in [0.2, 0.25) is 0 Å². The fourth-order valence-corrected chi connectivity index (χ4v) is 16.4. The summed E-state index contributed by atoms with van der Waals surface area (Å²) >= 11 is 0. The van der Waals surface area contributed by atoms with Crippen molar-refractivity contribution in [1.82, 2.24) is 73.9 Å². The molecule has 0 saturated carbocycles. The highest BCUT2D eigenvalue weighted by Crippen LogP contribution is 2.41. The zero-order chi connectivity index (χ0) is 82.2. The van der Waals surface area contributed by atoms with E-state index in [1.807, 2.05) is 65.5 Å². The van der Waals surface area contributed by atoms with Crippen LogP contribution in [-0.2, 0) is 81.7 Å². The van der Waals surface area contributed by atoms with Crippen LogP contribution in [0.1, 0.15) is 198 Å². The summed E-state index contributed by atoms with van der Waals surface area (Å²) in [6.45, 7) is 26.6. The lowest BCUT2D eigenvalue weighted by Gasteiger charge is -2.42. The molecule has 9 heterocycles. The van der Waals surface area contributed by atoms with Gasteiger partial charge in [-0.3, -0.25) is 28.4 Å². The molecule has 632 valence electrons. The molecule has 9 aromatic rings. The molecule has 3 saturated heterocycles. The SMILES string of the molecule is C.COCCn1cc(Nc2nccc(-c3ccc4c(c3)CCCCC4CC(=O)N3CC(OC(C)(C)C)C3)n2)cn1.COCCn1cc(Nc2nccc(-c3ccc4c(c3)CCCC[C@@H]4CC(=O)N3CC(OC(C)(C)C)C3)n2)cn1.COCCn1cc(Nc2nccc(-c3ccc4c(c3)CCCC[C@H]4CC(=O)N3CC(OC(C)(C)C)C3)n2)cn1. The predicted octanol–water partition coefficient (Wildman–Crippen LogP) is 15.5. The highest BCUT2D eigenvalue weighted by Gasteiger charge is 2.39. The van der Waals surface area contributed by atoms with E-state index in [4.69, 9.17) is 43.4 Å². The number of benzene rings is 3. The van der Waals surface area contributed by atoms with Crippen LogP contribution in [-0.4, -0.2) is 207 Å². The number of ether oxygens (including phenoxy) is 6. The van der Waals surface area contributed by atoms with Crippen molar-refractivity contribution in [2.24, 2.45) is 0 Å². The van der Waals surface area contributed by atoms with E-state index in [2.05, 4.69) is 163 Å². The van der Waals surface area contributed by atoms with Crippen molar-refractivity contribution < 1.29 is 42.8 Å². The third-order valence-electron chi connectivity index (χ3n) is 22.0. The second kappa shape index (κ2) is 40.2. The molecular formula is C91H124N18O9. The highest BCUT2D eigenvalue weighted by atomic mass is 16.5. The van der Waals surface area contributed by atoms with Crippen LogP contribution >= 0.6 is 0 Å². The van der Waals surface area contributed by atoms with E-state index in [1.54, 1.807) is 58.5 Å². The summed E-state index contributed by atoms with van der Waals surface area (Å²) in [4.78, 5) is 72.6. The summed E-state index contributed by atoms with van der Waals surface area (Å²) in [6, 6.07) is 25.6. The number of aromatic nitrogens is 12. The van der Waals surface area contributed by atoms with Gasteiger partial charge in [0, 0.05) is 134 Å². The molecule has 1 unspecified atom stereocenters. The van der Waals surface area contributed by atoms with Crippen molar-refractivity contribution in [3.63, 3.8) is 0 Å². The average molecular weight is 1610 g/mol. The maximum absolute atomic E-state index is 13.1. The minimum absolute atomic E-state index is 0. The van der Waals surface area contributed by atoms with Gasteiger partial charge in [-0.1, -0.05) is 63.1 Å². The second-order valence-corrected chi connectivity index (χ2v) is 34.8. The fourth-order valence-electron chi connectivity index (χ4n) is 16.4. The number of carbonyl (C=O) groups is 3. The molecule has 3 atom stereocenters. The zero-order valence-electron chi connectivity index (χ0n) is 70.6. The minimum atomic E-state index is -0.175. The van der Waals surface area contributed by atoms with Crippen molar-refractivity contribution in [2.45, 2.75) is 239 Å². The quantitative estimate of drug-likeness (QED) is 0.0403. The van der Waals surface area contributed by atoms with Gasteiger partial charge in [0.25, 0.3) is 0 Å². The summed E-state index contributed by atoms with van der Waals surface area (Å²) in [5, 5.41) is 22.8. The first kappa shape index (κ1) is 87.4. The second-order valence-electron chi connectivity index (χ2n) is 34.8. The number of likely N-dealkylation sites (tertiary alicyclic amines) is 3. The van der Waals surface area contributed by atoms with Gasteiger partial charge >= 0.3 is 0 Å². The number of methoxy groups -OCH3 is 3. The molecule has 3 aromatic carbocycles. The molecule has 118 heavy (non-hydrogen) atoms. The number of nitrogens with one attached hydrogen (secondary N) is 3. The van der Waals surface area contributed by atoms with Gasteiger partial charge in [-0.05, 0) is 208 Å². The number of amides is 3. The molecule has 3 aliphatic heterocycles. The lowest BCUT2D eigenvalue weighted by molar-refractivity contribution is -0.158. The number of fused-ring (bicyclic) bond motifs is 3. The Hall–Kier alpha value is -9.90. The molecule has 3 fully saturated rings. The molecule has 0 radical (unpaired) electrons. The molecule has 15 rings (SSSR count). The van der Waals surface area contributed by atoms with Crippen LogP contribution in [0.5, 0.6) is 0 Å². The Bertz CT molecular complexity index is 4300. The Morgan fingerprint density at radius 2 is 0.678 bits per heavy atom. The molecule has 6 aromatic heterocycles. The number of carbonyl (C=O) groups excluding carboxylic acids is 3. The number of hydrogen-bond acceptors (Lipinski definition) is 21. The zero-order valence-corrected chi connectivity index (χ0v) is 70.6. The van der Waals surface area contributed by atoms with E-state index >= 15 is 0 Å². The van der Waals surface area contributed by atoms with Crippen LogP contribution in [0.4, 0.5) is 34.9 Å². The fraction of sp³-hybridized carbons (Fsp3) is 0.538. The van der Waals surface area contributed by atoms with Gasteiger partial charge in [-0.15, -0.1) is 0 Å². The number of aryl methyl sites for hydroxylation is 3. The van der Waals surface area contributed by atoms with E-state index in [-0.39, 0.29) is 78.0 Å². The van der Waals surface area contributed by atoms with Crippen LogP contribution in [0.15, 0.2) is 129 Å². The maximum atomic E-state index is 13.1. The van der Waals surface area contributed by atoms with Gasteiger partial charge in [-0.25, -0.2) is 29.9 Å². The van der Waals surface area contributed by atoms with Gasteiger partial charge in [0.2, 0.25) is 35.6 Å².